The van der Waals surface area contributed by atoms with E-state index in [1.54, 1.807) is 0 Å². The van der Waals surface area contributed by atoms with Gasteiger partial charge in [0.25, 0.3) is 0 Å². The van der Waals surface area contributed by atoms with Crippen LogP contribution in [0.3, 0.4) is 0 Å². The highest BCUT2D eigenvalue weighted by molar-refractivity contribution is 5.41. The Labute approximate surface area is 97.9 Å². The van der Waals surface area contributed by atoms with E-state index < -0.39 is 0 Å². The van der Waals surface area contributed by atoms with Crippen molar-refractivity contribution in [3.63, 3.8) is 0 Å². The first-order valence-corrected chi connectivity index (χ1v) is 6.18. The van der Waals surface area contributed by atoms with Crippen LogP contribution < -0.4 is 10.2 Å². The molecule has 1 fully saturated rings. The van der Waals surface area contributed by atoms with Crippen molar-refractivity contribution in [1.82, 2.24) is 10.3 Å². The Bertz CT molecular complexity index is 334. The summed E-state index contributed by atoms with van der Waals surface area (Å²) in [4.78, 5) is 6.86. The molecule has 0 atom stereocenters. The van der Waals surface area contributed by atoms with E-state index in [0.717, 1.165) is 24.8 Å². The lowest BCUT2D eigenvalue weighted by Crippen LogP contribution is -2.26. The van der Waals surface area contributed by atoms with Crippen molar-refractivity contribution >= 4 is 5.82 Å². The van der Waals surface area contributed by atoms with Crippen molar-refractivity contribution in [3.05, 3.63) is 23.9 Å². The second-order valence-corrected chi connectivity index (χ2v) is 4.53. The molecule has 1 saturated carbocycles. The minimum Gasteiger partial charge on any atom is -0.357 e. The summed E-state index contributed by atoms with van der Waals surface area (Å²) < 4.78 is 0. The maximum atomic E-state index is 4.47. The first kappa shape index (κ1) is 11.4. The number of nitrogens with one attached hydrogen (secondary N) is 1. The van der Waals surface area contributed by atoms with Gasteiger partial charge in [0.1, 0.15) is 5.82 Å². The van der Waals surface area contributed by atoms with Crippen molar-refractivity contribution in [2.45, 2.75) is 26.3 Å². The van der Waals surface area contributed by atoms with E-state index in [1.165, 1.54) is 24.9 Å². The van der Waals surface area contributed by atoms with Crippen LogP contribution in [0.2, 0.25) is 0 Å². The van der Waals surface area contributed by atoms with E-state index in [9.17, 15) is 0 Å². The first-order chi connectivity index (χ1) is 7.83. The number of nitrogens with zero attached hydrogens (tertiary/aromatic N) is 2. The van der Waals surface area contributed by atoms with Crippen LogP contribution in [0, 0.1) is 5.92 Å². The predicted octanol–water partition coefficient (Wildman–Crippen LogP) is 2.04. The van der Waals surface area contributed by atoms with Gasteiger partial charge in [-0.3, -0.25) is 0 Å². The van der Waals surface area contributed by atoms with E-state index in [0.29, 0.717) is 0 Å². The second kappa shape index (κ2) is 5.30. The molecule has 88 valence electrons. The number of pyridine rings is 1. The highest BCUT2D eigenvalue weighted by Crippen LogP contribution is 2.30. The maximum Gasteiger partial charge on any atom is 0.128 e. The molecule has 3 heteroatoms. The summed E-state index contributed by atoms with van der Waals surface area (Å²) in [6.45, 7) is 5.34. The standard InChI is InChI=1S/C13H21N3/c1-3-16(10-11-4-5-11)13-8-12(9-14-2)6-7-15-13/h6-8,11,14H,3-5,9-10H2,1-2H3. The van der Waals surface area contributed by atoms with Gasteiger partial charge in [-0.15, -0.1) is 0 Å². The van der Waals surface area contributed by atoms with E-state index in [1.807, 2.05) is 13.2 Å². The Morgan fingerprint density at radius 2 is 2.31 bits per heavy atom. The largest absolute Gasteiger partial charge is 0.357 e. The van der Waals surface area contributed by atoms with Gasteiger partial charge in [-0.25, -0.2) is 4.98 Å². The SMILES string of the molecule is CCN(CC1CC1)c1cc(CNC)ccn1. The van der Waals surface area contributed by atoms with Crippen molar-refractivity contribution in [1.29, 1.82) is 0 Å². The zero-order valence-electron chi connectivity index (χ0n) is 10.2. The van der Waals surface area contributed by atoms with Gasteiger partial charge in [0.15, 0.2) is 0 Å². The molecule has 0 unspecified atom stereocenters. The monoisotopic (exact) mass is 219 g/mol. The number of rotatable bonds is 6. The van der Waals surface area contributed by atoms with Gasteiger partial charge in [0.2, 0.25) is 0 Å². The summed E-state index contributed by atoms with van der Waals surface area (Å²) >= 11 is 0. The Hall–Kier alpha value is -1.09. The molecule has 0 saturated heterocycles. The number of aromatic nitrogens is 1. The molecule has 1 N–H and O–H groups in total. The van der Waals surface area contributed by atoms with E-state index in [4.69, 9.17) is 0 Å². The Morgan fingerprint density at radius 1 is 1.50 bits per heavy atom. The van der Waals surface area contributed by atoms with E-state index in [2.05, 4.69) is 34.3 Å². The molecule has 0 aliphatic heterocycles. The summed E-state index contributed by atoms with van der Waals surface area (Å²) in [7, 11) is 1.97. The van der Waals surface area contributed by atoms with Crippen molar-refractivity contribution in [2.75, 3.05) is 25.0 Å². The lowest BCUT2D eigenvalue weighted by molar-refractivity contribution is 0.729. The molecule has 0 amide bonds. The Balaban J connectivity index is 2.06. The molecule has 1 aromatic heterocycles. The molecule has 0 bridgehead atoms. The van der Waals surface area contributed by atoms with Gasteiger partial charge < -0.3 is 10.2 Å². The molecule has 0 spiro atoms. The summed E-state index contributed by atoms with van der Waals surface area (Å²) in [6.07, 6.45) is 4.71. The number of anilines is 1. The molecule has 1 heterocycles. The van der Waals surface area contributed by atoms with Crippen molar-refractivity contribution in [2.24, 2.45) is 5.92 Å². The molecule has 1 aromatic rings. The fourth-order valence-corrected chi connectivity index (χ4v) is 1.94. The van der Waals surface area contributed by atoms with Crippen molar-refractivity contribution in [3.8, 4) is 0 Å². The summed E-state index contributed by atoms with van der Waals surface area (Å²) in [6, 6.07) is 4.27. The second-order valence-electron chi connectivity index (χ2n) is 4.53. The smallest absolute Gasteiger partial charge is 0.128 e. The third kappa shape index (κ3) is 2.95. The molecule has 3 nitrogen and oxygen atoms in total. The molecular weight excluding hydrogens is 198 g/mol. The third-order valence-electron chi connectivity index (χ3n) is 3.07. The number of hydrogen-bond donors (Lipinski definition) is 1. The van der Waals surface area contributed by atoms with Gasteiger partial charge in [0.05, 0.1) is 0 Å². The minimum absolute atomic E-state index is 0.912. The van der Waals surface area contributed by atoms with Crippen LogP contribution in [-0.4, -0.2) is 25.1 Å². The molecule has 0 aromatic carbocycles. The van der Waals surface area contributed by atoms with Crippen LogP contribution in [0.1, 0.15) is 25.3 Å². The van der Waals surface area contributed by atoms with Crippen LogP contribution in [0.15, 0.2) is 18.3 Å². The molecule has 1 aliphatic rings. The fraction of sp³-hybridized carbons (Fsp3) is 0.615. The zero-order chi connectivity index (χ0) is 11.4. The highest BCUT2D eigenvalue weighted by atomic mass is 15.2. The van der Waals surface area contributed by atoms with Crippen LogP contribution in [-0.2, 0) is 6.54 Å². The molecular formula is C13H21N3. The van der Waals surface area contributed by atoms with E-state index in [-0.39, 0.29) is 0 Å². The molecule has 16 heavy (non-hydrogen) atoms. The fourth-order valence-electron chi connectivity index (χ4n) is 1.94. The molecule has 2 rings (SSSR count). The van der Waals surface area contributed by atoms with Crippen LogP contribution in [0.25, 0.3) is 0 Å². The summed E-state index contributed by atoms with van der Waals surface area (Å²) in [5, 5.41) is 3.17. The minimum atomic E-state index is 0.912. The third-order valence-corrected chi connectivity index (χ3v) is 3.07. The van der Waals surface area contributed by atoms with Crippen molar-refractivity contribution < 1.29 is 0 Å². The highest BCUT2D eigenvalue weighted by Gasteiger charge is 2.24. The van der Waals surface area contributed by atoms with E-state index >= 15 is 0 Å². The van der Waals surface area contributed by atoms with Gasteiger partial charge in [0, 0.05) is 25.8 Å². The topological polar surface area (TPSA) is 28.2 Å². The average Bonchev–Trinajstić information content (AvgIpc) is 3.10. The van der Waals surface area contributed by atoms with Gasteiger partial charge in [-0.1, -0.05) is 0 Å². The summed E-state index contributed by atoms with van der Waals surface area (Å²) in [5.74, 6) is 2.04. The molecule has 0 radical (unpaired) electrons. The predicted molar refractivity (Wildman–Crippen MR) is 67.6 cm³/mol. The normalized spacial score (nSPS) is 15.1. The van der Waals surface area contributed by atoms with Gasteiger partial charge in [-0.2, -0.15) is 0 Å². The first-order valence-electron chi connectivity index (χ1n) is 6.18. The average molecular weight is 219 g/mol. The van der Waals surface area contributed by atoms with Crippen LogP contribution in [0.5, 0.6) is 0 Å². The van der Waals surface area contributed by atoms with Crippen LogP contribution in [0.4, 0.5) is 5.82 Å². The van der Waals surface area contributed by atoms with Crippen LogP contribution >= 0.6 is 0 Å². The molecule has 1 aliphatic carbocycles. The van der Waals surface area contributed by atoms with Gasteiger partial charge in [-0.05, 0) is 50.4 Å². The Morgan fingerprint density at radius 3 is 2.94 bits per heavy atom. The van der Waals surface area contributed by atoms with Gasteiger partial charge >= 0.3 is 0 Å². The quantitative estimate of drug-likeness (QED) is 0.793. The summed E-state index contributed by atoms with van der Waals surface area (Å²) in [5.41, 5.74) is 1.31. The lowest BCUT2D eigenvalue weighted by Gasteiger charge is -2.22. The number of hydrogen-bond acceptors (Lipinski definition) is 3. The maximum absolute atomic E-state index is 4.47. The zero-order valence-corrected chi connectivity index (χ0v) is 10.2. The lowest BCUT2D eigenvalue weighted by atomic mass is 10.2. The Kier molecular flexibility index (Phi) is 3.78.